The van der Waals surface area contributed by atoms with Gasteiger partial charge in [0, 0.05) is 0 Å². The third-order valence-electron chi connectivity index (χ3n) is 2.14. The first-order valence-corrected chi connectivity index (χ1v) is 6.04. The quantitative estimate of drug-likeness (QED) is 0.698. The molecule has 1 amide bonds. The summed E-state index contributed by atoms with van der Waals surface area (Å²) in [6, 6.07) is 8.78. The van der Waals surface area contributed by atoms with Gasteiger partial charge in [0.25, 0.3) is 5.91 Å². The Balaban J connectivity index is 2.07. The predicted molar refractivity (Wildman–Crippen MR) is 66.4 cm³/mol. The molecule has 0 aliphatic rings. The van der Waals surface area contributed by atoms with Gasteiger partial charge in [0.2, 0.25) is 0 Å². The highest BCUT2D eigenvalue weighted by molar-refractivity contribution is 7.08. The number of carbonyl (C=O) groups excluding carboxylic acids is 1. The van der Waals surface area contributed by atoms with Crippen molar-refractivity contribution in [3.63, 3.8) is 0 Å². The molecule has 0 fully saturated rings. The SMILES string of the molecule is O=C(N/N=C/c1ccccc1)c1snnc1C(F)(F)F. The first-order chi connectivity index (χ1) is 9.48. The average Bonchev–Trinajstić information content (AvgIpc) is 2.89. The molecule has 1 heterocycles. The van der Waals surface area contributed by atoms with Crippen molar-refractivity contribution in [3.05, 3.63) is 46.5 Å². The second-order valence-electron chi connectivity index (χ2n) is 3.56. The fourth-order valence-corrected chi connectivity index (χ4v) is 1.86. The molecule has 0 unspecified atom stereocenters. The number of carbonyl (C=O) groups is 1. The molecule has 2 aromatic rings. The van der Waals surface area contributed by atoms with Crippen molar-refractivity contribution in [1.82, 2.24) is 15.0 Å². The van der Waals surface area contributed by atoms with Crippen molar-refractivity contribution < 1.29 is 18.0 Å². The van der Waals surface area contributed by atoms with Crippen LogP contribution in [0.1, 0.15) is 20.9 Å². The standard InChI is InChI=1S/C11H7F3N4OS/c12-11(13,14)9-8(20-18-16-9)10(19)17-15-6-7-4-2-1-3-5-7/h1-6H,(H,17,19)/b15-6+. The third kappa shape index (κ3) is 3.38. The number of nitrogens with zero attached hydrogens (tertiary/aromatic N) is 3. The Bertz CT molecular complexity index is 624. The van der Waals surface area contributed by atoms with Crippen molar-refractivity contribution >= 4 is 23.7 Å². The minimum Gasteiger partial charge on any atom is -0.266 e. The molecule has 1 aromatic heterocycles. The molecule has 1 N–H and O–H groups in total. The van der Waals surface area contributed by atoms with E-state index in [1.165, 1.54) is 6.21 Å². The lowest BCUT2D eigenvalue weighted by molar-refractivity contribution is -0.141. The van der Waals surface area contributed by atoms with Crippen LogP contribution in [0.5, 0.6) is 0 Å². The number of rotatable bonds is 3. The molecule has 0 aliphatic carbocycles. The van der Waals surface area contributed by atoms with E-state index in [0.29, 0.717) is 17.1 Å². The molecule has 0 atom stereocenters. The van der Waals surface area contributed by atoms with Gasteiger partial charge >= 0.3 is 6.18 Å². The maximum absolute atomic E-state index is 12.5. The molecule has 0 aliphatic heterocycles. The number of halogens is 3. The highest BCUT2D eigenvalue weighted by Crippen LogP contribution is 2.31. The zero-order valence-electron chi connectivity index (χ0n) is 9.76. The van der Waals surface area contributed by atoms with Crippen LogP contribution in [-0.2, 0) is 6.18 Å². The van der Waals surface area contributed by atoms with Gasteiger partial charge in [-0.25, -0.2) is 5.43 Å². The first-order valence-electron chi connectivity index (χ1n) is 5.26. The highest BCUT2D eigenvalue weighted by Gasteiger charge is 2.39. The van der Waals surface area contributed by atoms with Crippen LogP contribution in [0, 0.1) is 0 Å². The van der Waals surface area contributed by atoms with E-state index in [4.69, 9.17) is 0 Å². The fourth-order valence-electron chi connectivity index (χ4n) is 1.28. The van der Waals surface area contributed by atoms with Crippen molar-refractivity contribution in [1.29, 1.82) is 0 Å². The van der Waals surface area contributed by atoms with Crippen molar-refractivity contribution in [2.45, 2.75) is 6.18 Å². The zero-order valence-corrected chi connectivity index (χ0v) is 10.6. The lowest BCUT2D eigenvalue weighted by Gasteiger charge is -2.03. The number of nitrogens with one attached hydrogen (secondary N) is 1. The van der Waals surface area contributed by atoms with Crippen molar-refractivity contribution in [3.8, 4) is 0 Å². The van der Waals surface area contributed by atoms with E-state index in [-0.39, 0.29) is 0 Å². The fraction of sp³-hybridized carbons (Fsp3) is 0.0909. The van der Waals surface area contributed by atoms with Crippen LogP contribution in [0.4, 0.5) is 13.2 Å². The molecule has 0 radical (unpaired) electrons. The summed E-state index contributed by atoms with van der Waals surface area (Å²) in [5.74, 6) is -1.00. The minimum absolute atomic E-state index is 0.364. The van der Waals surface area contributed by atoms with Crippen molar-refractivity contribution in [2.24, 2.45) is 5.10 Å². The molecule has 0 spiro atoms. The number of alkyl halides is 3. The Kier molecular flexibility index (Phi) is 4.08. The number of hydrazone groups is 1. The van der Waals surface area contributed by atoms with Gasteiger partial charge in [0.15, 0.2) is 5.69 Å². The highest BCUT2D eigenvalue weighted by atomic mass is 32.1. The number of hydrogen-bond acceptors (Lipinski definition) is 5. The summed E-state index contributed by atoms with van der Waals surface area (Å²) in [6.45, 7) is 0. The monoisotopic (exact) mass is 300 g/mol. The summed E-state index contributed by atoms with van der Waals surface area (Å²) in [6.07, 6.45) is -3.40. The molecule has 1 aromatic carbocycles. The molecule has 0 bridgehead atoms. The third-order valence-corrected chi connectivity index (χ3v) is 2.87. The van der Waals surface area contributed by atoms with Crippen LogP contribution in [0.25, 0.3) is 0 Å². The van der Waals surface area contributed by atoms with Gasteiger partial charge in [-0.05, 0) is 17.1 Å². The van der Waals surface area contributed by atoms with E-state index in [1.54, 1.807) is 30.3 Å². The van der Waals surface area contributed by atoms with Gasteiger partial charge in [0.05, 0.1) is 6.21 Å². The molecular weight excluding hydrogens is 293 g/mol. The number of amides is 1. The van der Waals surface area contributed by atoms with E-state index in [9.17, 15) is 18.0 Å². The van der Waals surface area contributed by atoms with Gasteiger partial charge in [-0.3, -0.25) is 4.79 Å². The first kappa shape index (κ1) is 14.1. The van der Waals surface area contributed by atoms with Crippen LogP contribution >= 0.6 is 11.5 Å². The van der Waals surface area contributed by atoms with E-state index >= 15 is 0 Å². The average molecular weight is 300 g/mol. The van der Waals surface area contributed by atoms with Gasteiger partial charge < -0.3 is 0 Å². The molecular formula is C11H7F3N4OS. The maximum Gasteiger partial charge on any atom is 0.436 e. The van der Waals surface area contributed by atoms with Crippen LogP contribution in [-0.4, -0.2) is 21.7 Å². The molecule has 104 valence electrons. The van der Waals surface area contributed by atoms with E-state index < -0.39 is 22.7 Å². The summed E-state index contributed by atoms with van der Waals surface area (Å²) in [5, 5.41) is 6.49. The lowest BCUT2D eigenvalue weighted by Crippen LogP contribution is -2.21. The Morgan fingerprint density at radius 3 is 2.65 bits per heavy atom. The largest absolute Gasteiger partial charge is 0.436 e. The molecule has 5 nitrogen and oxygen atoms in total. The minimum atomic E-state index is -4.72. The number of benzene rings is 1. The second-order valence-corrected chi connectivity index (χ2v) is 4.31. The van der Waals surface area contributed by atoms with Crippen LogP contribution in [0.3, 0.4) is 0 Å². The molecule has 0 saturated heterocycles. The van der Waals surface area contributed by atoms with Crippen LogP contribution < -0.4 is 5.43 Å². The van der Waals surface area contributed by atoms with Gasteiger partial charge in [-0.1, -0.05) is 34.8 Å². The summed E-state index contributed by atoms with van der Waals surface area (Å²) >= 11 is 0.364. The van der Waals surface area contributed by atoms with E-state index in [1.807, 2.05) is 5.43 Å². The summed E-state index contributed by atoms with van der Waals surface area (Å²) in [5.41, 5.74) is 1.40. The zero-order chi connectivity index (χ0) is 14.6. The lowest BCUT2D eigenvalue weighted by atomic mass is 10.2. The Hall–Kier alpha value is -2.29. The number of hydrogen-bond donors (Lipinski definition) is 1. The van der Waals surface area contributed by atoms with Crippen LogP contribution in [0.2, 0.25) is 0 Å². The van der Waals surface area contributed by atoms with E-state index in [0.717, 1.165) is 0 Å². The summed E-state index contributed by atoms with van der Waals surface area (Å²) in [7, 11) is 0. The number of aromatic nitrogens is 2. The Morgan fingerprint density at radius 2 is 2.00 bits per heavy atom. The second kappa shape index (κ2) is 5.78. The Morgan fingerprint density at radius 1 is 1.30 bits per heavy atom. The Labute approximate surface area is 115 Å². The topological polar surface area (TPSA) is 67.2 Å². The normalized spacial score (nSPS) is 11.8. The van der Waals surface area contributed by atoms with Crippen LogP contribution in [0.15, 0.2) is 35.4 Å². The van der Waals surface area contributed by atoms with Gasteiger partial charge in [-0.2, -0.15) is 18.3 Å². The van der Waals surface area contributed by atoms with Gasteiger partial charge in [-0.15, -0.1) is 5.10 Å². The summed E-state index contributed by atoms with van der Waals surface area (Å²) in [4.78, 5) is 10.9. The molecule has 9 heteroatoms. The van der Waals surface area contributed by atoms with E-state index in [2.05, 4.69) is 14.7 Å². The molecule has 0 saturated carbocycles. The van der Waals surface area contributed by atoms with Gasteiger partial charge in [0.1, 0.15) is 4.88 Å². The smallest absolute Gasteiger partial charge is 0.266 e. The predicted octanol–water partition coefficient (Wildman–Crippen LogP) is 2.32. The molecule has 2 rings (SSSR count). The van der Waals surface area contributed by atoms with Crippen molar-refractivity contribution in [2.75, 3.05) is 0 Å². The maximum atomic E-state index is 12.5. The summed E-state index contributed by atoms with van der Waals surface area (Å²) < 4.78 is 40.7. The molecule has 20 heavy (non-hydrogen) atoms.